The Morgan fingerprint density at radius 1 is 1.07 bits per heavy atom. The summed E-state index contributed by atoms with van der Waals surface area (Å²) >= 11 is 6.42. The van der Waals surface area contributed by atoms with Gasteiger partial charge in [-0.1, -0.05) is 74.8 Å². The zero-order chi connectivity index (χ0) is 45.4. The average molecular weight is 880 g/mol. The summed E-state index contributed by atoms with van der Waals surface area (Å²) in [4.78, 5) is 35.8. The number of nitrogens with one attached hydrogen (secondary N) is 1. The van der Waals surface area contributed by atoms with E-state index in [1.807, 2.05) is 38.9 Å². The van der Waals surface area contributed by atoms with E-state index < -0.39 is 89.6 Å². The Morgan fingerprint density at radius 2 is 1.75 bits per heavy atom. The Hall–Kier alpha value is -3.41. The number of benzene rings is 2. The summed E-state index contributed by atoms with van der Waals surface area (Å²) in [6.45, 7) is 13.6. The van der Waals surface area contributed by atoms with E-state index in [1.54, 1.807) is 52.0 Å². The number of oxime groups is 1. The van der Waals surface area contributed by atoms with E-state index in [4.69, 9.17) is 40.1 Å². The second-order valence-electron chi connectivity index (χ2n) is 17.4. The Labute approximate surface area is 365 Å². The smallest absolute Gasteiger partial charge is 0.407 e. The van der Waals surface area contributed by atoms with Crippen LogP contribution in [0, 0.1) is 29.5 Å². The number of nitrogens with zero attached hydrogens (tertiary/aromatic N) is 2. The molecule has 4 rings (SSSR count). The highest BCUT2D eigenvalue weighted by atomic mass is 35.5. The molecule has 14 nitrogen and oxygen atoms in total. The van der Waals surface area contributed by atoms with Crippen LogP contribution < -0.4 is 5.32 Å². The molecule has 0 saturated carbocycles. The fourth-order valence-corrected chi connectivity index (χ4v) is 8.93. The van der Waals surface area contributed by atoms with Gasteiger partial charge in [0, 0.05) is 48.0 Å². The number of methoxy groups -OCH3 is 1. The van der Waals surface area contributed by atoms with E-state index >= 15 is 0 Å². The standard InChI is InChI=1S/C45H67ClFN3O11/c1-12-35-45(8,55)39(52)27(4)36(49-57-24-31-17-13-14-19-33(31)46)25(2)22-44(7,56-11)40(61-42-37(51)34(50(9)10)20-26(3)58-42)28(5)38(29(6)41(53)59-35)60-43(54)48-23-30-16-15-18-32(47)21-30/h13-19,21,25-29,34-35,37-40,42,51-52,55H,12,20,22-24H2,1-11H3,(H,48,54)/b49-36-/t25-,26-,27+,28+,29-,34+,35-,37-,38+,39-,40-,42+,44-,45-/m1/s1. The second-order valence-corrected chi connectivity index (χ2v) is 17.8. The van der Waals surface area contributed by atoms with Gasteiger partial charge in [-0.15, -0.1) is 0 Å². The number of esters is 1. The molecule has 2 saturated heterocycles. The number of cyclic esters (lactones) is 1. The van der Waals surface area contributed by atoms with Crippen molar-refractivity contribution in [3.63, 3.8) is 0 Å². The van der Waals surface area contributed by atoms with Gasteiger partial charge in [0.25, 0.3) is 0 Å². The predicted molar refractivity (Wildman–Crippen MR) is 228 cm³/mol. The number of alkyl carbamates (subject to hydrolysis) is 1. The van der Waals surface area contributed by atoms with Crippen LogP contribution in [0.5, 0.6) is 0 Å². The molecule has 0 radical (unpaired) electrons. The summed E-state index contributed by atoms with van der Waals surface area (Å²) in [7, 11) is 5.22. The molecule has 2 aliphatic heterocycles. The van der Waals surface area contributed by atoms with Gasteiger partial charge < -0.3 is 54.1 Å². The van der Waals surface area contributed by atoms with E-state index in [0.717, 1.165) is 0 Å². The van der Waals surface area contributed by atoms with Gasteiger partial charge in [0.2, 0.25) is 0 Å². The van der Waals surface area contributed by atoms with Gasteiger partial charge >= 0.3 is 12.1 Å². The molecule has 0 bridgehead atoms. The summed E-state index contributed by atoms with van der Waals surface area (Å²) in [6, 6.07) is 12.6. The third kappa shape index (κ3) is 12.4. The number of amides is 1. The monoisotopic (exact) mass is 879 g/mol. The molecular formula is C45H67ClFN3O11. The first-order chi connectivity index (χ1) is 28.6. The number of carbonyl (C=O) groups is 2. The Kier molecular flexibility index (Phi) is 17.9. The molecule has 61 heavy (non-hydrogen) atoms. The maximum absolute atomic E-state index is 14.3. The molecule has 16 heteroatoms. The van der Waals surface area contributed by atoms with Crippen LogP contribution in [0.1, 0.15) is 85.8 Å². The molecule has 2 heterocycles. The zero-order valence-electron chi connectivity index (χ0n) is 37.3. The van der Waals surface area contributed by atoms with E-state index in [2.05, 4.69) is 10.5 Å². The maximum atomic E-state index is 14.3. The van der Waals surface area contributed by atoms with Crippen LogP contribution in [0.25, 0.3) is 0 Å². The lowest BCUT2D eigenvalue weighted by Gasteiger charge is -2.48. The summed E-state index contributed by atoms with van der Waals surface area (Å²) in [5.41, 5.74) is -1.79. The minimum absolute atomic E-state index is 0.00886. The van der Waals surface area contributed by atoms with Gasteiger partial charge in [-0.05, 0) is 84.8 Å². The van der Waals surface area contributed by atoms with Crippen LogP contribution in [0.3, 0.4) is 0 Å². The number of hydrogen-bond acceptors (Lipinski definition) is 13. The van der Waals surface area contributed by atoms with Crippen molar-refractivity contribution in [2.75, 3.05) is 21.2 Å². The summed E-state index contributed by atoms with van der Waals surface area (Å²) in [5.74, 6) is -4.76. The topological polar surface area (TPSA) is 178 Å². The van der Waals surface area contributed by atoms with Crippen molar-refractivity contribution in [1.82, 2.24) is 10.2 Å². The third-order valence-corrected chi connectivity index (χ3v) is 12.8. The highest BCUT2D eigenvalue weighted by molar-refractivity contribution is 6.31. The van der Waals surface area contributed by atoms with Crippen LogP contribution >= 0.6 is 11.6 Å². The summed E-state index contributed by atoms with van der Waals surface area (Å²) in [5, 5.41) is 43.4. The SMILES string of the molecule is CC[C@H]1OC(=O)[C@H](C)[C@@H](OC(=O)NCc2cccc(F)c2)[C@H](C)[C@@H](O[C@@H]2O[C@H](C)C[C@H](N(C)C)[C@H]2O)[C@](C)(OC)C[C@@H](C)/C(=N/OCc2ccccc2Cl)[C@H](C)[C@@H](O)[C@]1(C)O. The van der Waals surface area contributed by atoms with Gasteiger partial charge in [0.1, 0.15) is 36.3 Å². The quantitative estimate of drug-likeness (QED) is 0.148. The fraction of sp³-hybridized carbons (Fsp3) is 0.667. The lowest BCUT2D eigenvalue weighted by molar-refractivity contribution is -0.301. The molecule has 342 valence electrons. The molecule has 2 aliphatic rings. The van der Waals surface area contributed by atoms with E-state index in [-0.39, 0.29) is 38.1 Å². The Bertz CT molecular complexity index is 1790. The first kappa shape index (κ1) is 50.2. The number of likely N-dealkylation sites (N-methyl/N-ethyl adjacent to an activating group) is 1. The second kappa shape index (κ2) is 21.8. The predicted octanol–water partition coefficient (Wildman–Crippen LogP) is 6.24. The molecule has 2 aromatic rings. The van der Waals surface area contributed by atoms with Crippen LogP contribution in [0.2, 0.25) is 5.02 Å². The molecule has 14 atom stereocenters. The van der Waals surface area contributed by atoms with Gasteiger partial charge in [-0.25, -0.2) is 9.18 Å². The van der Waals surface area contributed by atoms with Crippen molar-refractivity contribution in [3.8, 4) is 0 Å². The first-order valence-electron chi connectivity index (χ1n) is 21.1. The molecule has 2 aromatic carbocycles. The van der Waals surface area contributed by atoms with E-state index in [9.17, 15) is 29.3 Å². The molecule has 1 amide bonds. The Balaban J connectivity index is 1.86. The Morgan fingerprint density at radius 3 is 2.38 bits per heavy atom. The number of aliphatic hydroxyl groups is 3. The van der Waals surface area contributed by atoms with Gasteiger partial charge in [-0.3, -0.25) is 4.79 Å². The van der Waals surface area contributed by atoms with Crippen LogP contribution in [0.15, 0.2) is 53.7 Å². The zero-order valence-corrected chi connectivity index (χ0v) is 38.1. The molecule has 0 aromatic heterocycles. The largest absolute Gasteiger partial charge is 0.459 e. The molecule has 2 fully saturated rings. The van der Waals surface area contributed by atoms with Crippen molar-refractivity contribution in [1.29, 1.82) is 0 Å². The molecule has 0 unspecified atom stereocenters. The number of aliphatic hydroxyl groups excluding tert-OH is 2. The lowest BCUT2D eigenvalue weighted by atomic mass is 9.73. The van der Waals surface area contributed by atoms with Gasteiger partial charge in [-0.2, -0.15) is 0 Å². The van der Waals surface area contributed by atoms with Crippen molar-refractivity contribution in [2.45, 2.75) is 148 Å². The van der Waals surface area contributed by atoms with E-state index in [0.29, 0.717) is 28.3 Å². The van der Waals surface area contributed by atoms with Crippen molar-refractivity contribution in [2.24, 2.45) is 28.8 Å². The van der Waals surface area contributed by atoms with Crippen molar-refractivity contribution in [3.05, 3.63) is 70.5 Å². The molecular weight excluding hydrogens is 813 g/mol. The lowest BCUT2D eigenvalue weighted by Crippen LogP contribution is -2.60. The van der Waals surface area contributed by atoms with Crippen LogP contribution in [-0.2, 0) is 46.5 Å². The van der Waals surface area contributed by atoms with Gasteiger partial charge in [0.15, 0.2) is 6.29 Å². The number of carbonyl (C=O) groups excluding carboxylic acids is 2. The van der Waals surface area contributed by atoms with E-state index in [1.165, 1.54) is 39.2 Å². The average Bonchev–Trinajstić information content (AvgIpc) is 3.21. The van der Waals surface area contributed by atoms with Crippen LogP contribution in [0.4, 0.5) is 9.18 Å². The maximum Gasteiger partial charge on any atom is 0.407 e. The molecule has 0 spiro atoms. The molecule has 4 N–H and O–H groups in total. The summed E-state index contributed by atoms with van der Waals surface area (Å²) in [6.07, 6.45) is -7.80. The minimum Gasteiger partial charge on any atom is -0.459 e. The highest BCUT2D eigenvalue weighted by Gasteiger charge is 2.52. The summed E-state index contributed by atoms with van der Waals surface area (Å²) < 4.78 is 45.6. The van der Waals surface area contributed by atoms with Crippen molar-refractivity contribution < 1.29 is 57.8 Å². The first-order valence-corrected chi connectivity index (χ1v) is 21.5. The van der Waals surface area contributed by atoms with Crippen LogP contribution in [-0.4, -0.2) is 119 Å². The fourth-order valence-electron chi connectivity index (χ4n) is 8.74. The molecule has 0 aliphatic carbocycles. The third-order valence-electron chi connectivity index (χ3n) is 12.4. The number of hydrogen-bond donors (Lipinski definition) is 4. The van der Waals surface area contributed by atoms with Crippen molar-refractivity contribution >= 4 is 29.4 Å². The minimum atomic E-state index is -1.99. The number of halogens is 2. The van der Waals surface area contributed by atoms with Gasteiger partial charge in [0.05, 0.1) is 35.5 Å². The highest BCUT2D eigenvalue weighted by Crippen LogP contribution is 2.40. The number of ether oxygens (including phenoxy) is 5. The normalized spacial score (nSPS) is 36.2. The number of rotatable bonds is 11.